The molecule has 9 heteroatoms. The molecule has 1 atom stereocenters. The minimum absolute atomic E-state index is 0.277. The number of nitrogens with zero attached hydrogens (tertiary/aromatic N) is 3. The minimum Gasteiger partial charge on any atom is -0.391 e. The van der Waals surface area contributed by atoms with Crippen LogP contribution < -0.4 is 5.32 Å². The van der Waals surface area contributed by atoms with Gasteiger partial charge < -0.3 is 15.3 Å². The Morgan fingerprint density at radius 1 is 1.29 bits per heavy atom. The summed E-state index contributed by atoms with van der Waals surface area (Å²) in [6, 6.07) is 4.21. The Kier molecular flexibility index (Phi) is 4.18. The third-order valence-corrected chi connectivity index (χ3v) is 3.74. The molecule has 24 heavy (non-hydrogen) atoms. The van der Waals surface area contributed by atoms with Gasteiger partial charge in [-0.1, -0.05) is 0 Å². The van der Waals surface area contributed by atoms with E-state index in [1.54, 1.807) is 0 Å². The van der Waals surface area contributed by atoms with Crippen LogP contribution in [-0.2, 0) is 6.18 Å². The molecule has 1 aromatic heterocycles. The number of hydrogen-bond acceptors (Lipinski definition) is 3. The topological polar surface area (TPSA) is 70.4 Å². The third kappa shape index (κ3) is 3.51. The molecule has 1 aliphatic rings. The largest absolute Gasteiger partial charge is 0.416 e. The van der Waals surface area contributed by atoms with Crippen molar-refractivity contribution in [1.29, 1.82) is 0 Å². The van der Waals surface area contributed by atoms with Crippen LogP contribution in [-0.4, -0.2) is 45.0 Å². The van der Waals surface area contributed by atoms with E-state index in [0.717, 1.165) is 12.1 Å². The number of nitrogens with one attached hydrogen (secondary N) is 1. The number of anilines is 1. The van der Waals surface area contributed by atoms with Crippen LogP contribution in [0.2, 0.25) is 0 Å². The Balaban J connectivity index is 1.68. The van der Waals surface area contributed by atoms with Gasteiger partial charge in [0.1, 0.15) is 0 Å². The fourth-order valence-corrected chi connectivity index (χ4v) is 2.46. The van der Waals surface area contributed by atoms with E-state index in [4.69, 9.17) is 0 Å². The number of carbonyl (C=O) groups excluding carboxylic acids is 1. The summed E-state index contributed by atoms with van der Waals surface area (Å²) in [5.74, 6) is 0. The van der Waals surface area contributed by atoms with Crippen molar-refractivity contribution in [2.75, 3.05) is 18.4 Å². The summed E-state index contributed by atoms with van der Waals surface area (Å²) >= 11 is 0. The number of aliphatic hydroxyl groups excluding tert-OH is 1. The lowest BCUT2D eigenvalue weighted by Crippen LogP contribution is -2.33. The first-order valence-corrected chi connectivity index (χ1v) is 7.29. The first kappa shape index (κ1) is 16.3. The Labute approximate surface area is 135 Å². The molecule has 1 fully saturated rings. The molecule has 6 nitrogen and oxygen atoms in total. The maximum atomic E-state index is 12.6. The molecule has 2 aromatic rings. The molecule has 0 spiro atoms. The van der Waals surface area contributed by atoms with Gasteiger partial charge >= 0.3 is 12.2 Å². The van der Waals surface area contributed by atoms with E-state index in [0.29, 0.717) is 24.3 Å². The van der Waals surface area contributed by atoms with Crippen LogP contribution in [0.3, 0.4) is 0 Å². The van der Waals surface area contributed by atoms with Crippen LogP contribution in [0, 0.1) is 0 Å². The molecular formula is C15H15F3N4O2. The molecule has 0 bridgehead atoms. The first-order valence-electron chi connectivity index (χ1n) is 7.29. The number of carbonyl (C=O) groups is 1. The summed E-state index contributed by atoms with van der Waals surface area (Å²) in [6.45, 7) is 0.749. The van der Waals surface area contributed by atoms with Crippen LogP contribution >= 0.6 is 0 Å². The second kappa shape index (κ2) is 6.16. The second-order valence-corrected chi connectivity index (χ2v) is 5.54. The highest BCUT2D eigenvalue weighted by molar-refractivity contribution is 5.89. The quantitative estimate of drug-likeness (QED) is 0.882. The van der Waals surface area contributed by atoms with E-state index in [1.807, 2.05) is 0 Å². The van der Waals surface area contributed by atoms with E-state index < -0.39 is 17.8 Å². The maximum absolute atomic E-state index is 12.6. The normalized spacial score (nSPS) is 18.0. The molecule has 3 rings (SSSR count). The molecule has 0 unspecified atom stereocenters. The summed E-state index contributed by atoms with van der Waals surface area (Å²) in [5, 5.41) is 16.1. The van der Waals surface area contributed by atoms with E-state index in [-0.39, 0.29) is 12.6 Å². The highest BCUT2D eigenvalue weighted by atomic mass is 19.4. The van der Waals surface area contributed by atoms with Crippen molar-refractivity contribution >= 4 is 11.7 Å². The zero-order valence-corrected chi connectivity index (χ0v) is 12.5. The number of halogens is 3. The van der Waals surface area contributed by atoms with Crippen molar-refractivity contribution in [3.8, 4) is 5.69 Å². The van der Waals surface area contributed by atoms with Gasteiger partial charge in [0.15, 0.2) is 0 Å². The van der Waals surface area contributed by atoms with Crippen LogP contribution in [0.5, 0.6) is 0 Å². The van der Waals surface area contributed by atoms with Gasteiger partial charge in [-0.05, 0) is 30.7 Å². The van der Waals surface area contributed by atoms with Crippen molar-refractivity contribution in [3.63, 3.8) is 0 Å². The zero-order valence-electron chi connectivity index (χ0n) is 12.5. The fourth-order valence-electron chi connectivity index (χ4n) is 2.46. The molecule has 2 N–H and O–H groups in total. The van der Waals surface area contributed by atoms with Crippen molar-refractivity contribution in [1.82, 2.24) is 14.7 Å². The average Bonchev–Trinajstić information content (AvgIpc) is 3.16. The maximum Gasteiger partial charge on any atom is 0.416 e. The molecule has 2 heterocycles. The average molecular weight is 340 g/mol. The van der Waals surface area contributed by atoms with Gasteiger partial charge in [-0.2, -0.15) is 18.3 Å². The number of aromatic nitrogens is 2. The lowest BCUT2D eigenvalue weighted by Gasteiger charge is -2.15. The molecule has 0 saturated carbocycles. The summed E-state index contributed by atoms with van der Waals surface area (Å²) in [7, 11) is 0. The van der Waals surface area contributed by atoms with Crippen LogP contribution in [0.15, 0.2) is 36.7 Å². The molecule has 1 aromatic carbocycles. The smallest absolute Gasteiger partial charge is 0.391 e. The summed E-state index contributed by atoms with van der Waals surface area (Å²) < 4.78 is 39.0. The fraction of sp³-hybridized carbons (Fsp3) is 0.333. The van der Waals surface area contributed by atoms with Gasteiger partial charge in [0.2, 0.25) is 0 Å². The summed E-state index contributed by atoms with van der Waals surface area (Å²) in [4.78, 5) is 13.5. The number of β-amino-alcohol motifs (C(OH)–C–C–N with tert-alkyl or cyclic N) is 1. The molecule has 128 valence electrons. The van der Waals surface area contributed by atoms with Gasteiger partial charge in [-0.15, -0.1) is 0 Å². The Bertz CT molecular complexity index is 727. The van der Waals surface area contributed by atoms with Gasteiger partial charge in [-0.3, -0.25) is 0 Å². The predicted molar refractivity (Wildman–Crippen MR) is 79.8 cm³/mol. The van der Waals surface area contributed by atoms with Gasteiger partial charge in [0.25, 0.3) is 0 Å². The van der Waals surface area contributed by atoms with Crippen molar-refractivity contribution in [2.24, 2.45) is 0 Å². The number of rotatable bonds is 2. The highest BCUT2D eigenvalue weighted by Gasteiger charge is 2.30. The van der Waals surface area contributed by atoms with Crippen molar-refractivity contribution < 1.29 is 23.1 Å². The van der Waals surface area contributed by atoms with Gasteiger partial charge in [0.05, 0.1) is 35.4 Å². The van der Waals surface area contributed by atoms with Gasteiger partial charge in [-0.25, -0.2) is 9.48 Å². The Morgan fingerprint density at radius 3 is 2.58 bits per heavy atom. The standard InChI is InChI=1S/C15H15F3N4O2/c16-15(17,18)10-1-3-12(4-2-10)22-8-11(7-19-22)20-14(24)21-6-5-13(23)9-21/h1-4,7-8,13,23H,5-6,9H2,(H,20,24)/t13-/m1/s1. The van der Waals surface area contributed by atoms with Crippen molar-refractivity contribution in [2.45, 2.75) is 18.7 Å². The number of benzene rings is 1. The predicted octanol–water partition coefficient (Wildman–Crippen LogP) is 2.49. The number of hydrogen-bond donors (Lipinski definition) is 2. The van der Waals surface area contributed by atoms with Crippen molar-refractivity contribution in [3.05, 3.63) is 42.2 Å². The number of alkyl halides is 3. The monoisotopic (exact) mass is 340 g/mol. The third-order valence-electron chi connectivity index (χ3n) is 3.74. The number of likely N-dealkylation sites (tertiary alicyclic amines) is 1. The molecule has 0 radical (unpaired) electrons. The van der Waals surface area contributed by atoms with E-state index in [2.05, 4.69) is 10.4 Å². The molecule has 2 amide bonds. The lowest BCUT2D eigenvalue weighted by molar-refractivity contribution is -0.137. The number of amides is 2. The molecule has 1 aliphatic heterocycles. The number of aliphatic hydroxyl groups is 1. The number of urea groups is 1. The van der Waals surface area contributed by atoms with Crippen LogP contribution in [0.25, 0.3) is 5.69 Å². The van der Waals surface area contributed by atoms with Crippen LogP contribution in [0.1, 0.15) is 12.0 Å². The Morgan fingerprint density at radius 2 is 2.00 bits per heavy atom. The summed E-state index contributed by atoms with van der Waals surface area (Å²) in [5.41, 5.74) is 0.126. The molecule has 1 saturated heterocycles. The van der Waals surface area contributed by atoms with E-state index in [9.17, 15) is 23.1 Å². The SMILES string of the molecule is O=C(Nc1cnn(-c2ccc(C(F)(F)F)cc2)c1)N1CC[C@@H](O)C1. The van der Waals surface area contributed by atoms with E-state index in [1.165, 1.54) is 34.1 Å². The summed E-state index contributed by atoms with van der Waals surface area (Å²) in [6.07, 6.45) is -1.44. The zero-order chi connectivity index (χ0) is 17.3. The molecule has 0 aliphatic carbocycles. The first-order chi connectivity index (χ1) is 11.3. The highest BCUT2D eigenvalue weighted by Crippen LogP contribution is 2.29. The second-order valence-electron chi connectivity index (χ2n) is 5.54. The lowest BCUT2D eigenvalue weighted by atomic mass is 10.2. The van der Waals surface area contributed by atoms with Crippen LogP contribution in [0.4, 0.5) is 23.7 Å². The molecular weight excluding hydrogens is 325 g/mol. The van der Waals surface area contributed by atoms with Gasteiger partial charge in [0, 0.05) is 13.1 Å². The Hall–Kier alpha value is -2.55. The minimum atomic E-state index is -4.39. The van der Waals surface area contributed by atoms with E-state index >= 15 is 0 Å².